The first-order valence-electron chi connectivity index (χ1n) is 11.8. The predicted octanol–water partition coefficient (Wildman–Crippen LogP) is 6.53. The molecule has 0 aromatic heterocycles. The number of amides is 3. The summed E-state index contributed by atoms with van der Waals surface area (Å²) in [6.07, 6.45) is -3.28. The molecule has 4 rings (SSSR count). The summed E-state index contributed by atoms with van der Waals surface area (Å²) in [5.41, 5.74) is -0.395. The summed E-state index contributed by atoms with van der Waals surface area (Å²) in [7, 11) is 1.21. The van der Waals surface area contributed by atoms with Crippen molar-refractivity contribution in [1.29, 1.82) is 0 Å². The summed E-state index contributed by atoms with van der Waals surface area (Å²) in [5, 5.41) is 12.6. The minimum Gasteiger partial charge on any atom is -0.495 e. The van der Waals surface area contributed by atoms with Crippen LogP contribution in [-0.4, -0.2) is 40.5 Å². The van der Waals surface area contributed by atoms with E-state index in [9.17, 15) is 37.7 Å². The van der Waals surface area contributed by atoms with Gasteiger partial charge in [0.1, 0.15) is 24.7 Å². The second kappa shape index (κ2) is 12.5. The fourth-order valence-electron chi connectivity index (χ4n) is 3.75. The van der Waals surface area contributed by atoms with Crippen LogP contribution in [-0.2, 0) is 22.4 Å². The zero-order valence-corrected chi connectivity index (χ0v) is 23.0. The van der Waals surface area contributed by atoms with Crippen LogP contribution in [0.3, 0.4) is 0 Å². The molecule has 0 atom stereocenters. The molecule has 1 fully saturated rings. The van der Waals surface area contributed by atoms with Gasteiger partial charge in [-0.15, -0.1) is 0 Å². The number of ether oxygens (including phenoxy) is 2. The number of non-ortho nitro benzene ring substituents is 1. The van der Waals surface area contributed by atoms with E-state index in [1.165, 1.54) is 43.5 Å². The lowest BCUT2D eigenvalue weighted by atomic mass is 10.1. The number of anilines is 1. The number of carbonyl (C=O) groups excluding carboxylic acids is 3. The molecule has 1 aliphatic rings. The lowest BCUT2D eigenvalue weighted by Gasteiger charge is -2.16. The fraction of sp³-hybridized carbons (Fsp3) is 0.148. The van der Waals surface area contributed by atoms with Crippen LogP contribution in [0, 0.1) is 10.1 Å². The van der Waals surface area contributed by atoms with Gasteiger partial charge in [-0.25, -0.2) is 0 Å². The standard InChI is InChI=1S/C27H19ClF3N3O7S/c1-40-22-8-6-17(27(29,30)31)12-20(22)32-24(35)13-33-25(36)23(42-26(33)37)11-15-5-7-21(19(28)10-15)41-14-16-3-2-4-18(9-16)34(38)39/h2-12H,13-14H2,1H3,(H,32,35)/b23-11-. The number of carbonyl (C=O) groups is 3. The minimum atomic E-state index is -4.67. The van der Waals surface area contributed by atoms with Gasteiger partial charge in [-0.3, -0.25) is 29.4 Å². The molecule has 3 aromatic rings. The van der Waals surface area contributed by atoms with E-state index in [-0.39, 0.29) is 39.4 Å². The second-order valence-electron chi connectivity index (χ2n) is 8.63. The first-order chi connectivity index (χ1) is 19.8. The van der Waals surface area contributed by atoms with Crippen molar-refractivity contribution < 1.29 is 42.0 Å². The van der Waals surface area contributed by atoms with Gasteiger partial charge in [0.05, 0.1) is 33.2 Å². The van der Waals surface area contributed by atoms with Gasteiger partial charge in [-0.2, -0.15) is 13.2 Å². The molecule has 0 saturated carbocycles. The Morgan fingerprint density at radius 2 is 1.86 bits per heavy atom. The molecule has 42 heavy (non-hydrogen) atoms. The first kappa shape index (κ1) is 30.4. The van der Waals surface area contributed by atoms with Crippen molar-refractivity contribution in [3.8, 4) is 11.5 Å². The van der Waals surface area contributed by atoms with Crippen molar-refractivity contribution in [2.45, 2.75) is 12.8 Å². The molecular formula is C27H19ClF3N3O7S. The molecule has 10 nitrogen and oxygen atoms in total. The number of hydrogen-bond donors (Lipinski definition) is 1. The van der Waals surface area contributed by atoms with Crippen molar-refractivity contribution in [3.05, 3.63) is 97.4 Å². The number of nitrogens with zero attached hydrogens (tertiary/aromatic N) is 2. The van der Waals surface area contributed by atoms with Crippen LogP contribution >= 0.6 is 23.4 Å². The van der Waals surface area contributed by atoms with E-state index < -0.39 is 40.3 Å². The summed E-state index contributed by atoms with van der Waals surface area (Å²) in [5.74, 6) is -1.46. The molecule has 1 saturated heterocycles. The maximum Gasteiger partial charge on any atom is 0.416 e. The van der Waals surface area contributed by atoms with E-state index in [4.69, 9.17) is 21.1 Å². The van der Waals surface area contributed by atoms with Crippen LogP contribution in [0.4, 0.5) is 29.3 Å². The first-order valence-corrected chi connectivity index (χ1v) is 13.0. The highest BCUT2D eigenvalue weighted by Crippen LogP contribution is 2.36. The molecule has 0 bridgehead atoms. The van der Waals surface area contributed by atoms with Gasteiger partial charge in [0, 0.05) is 12.1 Å². The Morgan fingerprint density at radius 3 is 2.52 bits per heavy atom. The van der Waals surface area contributed by atoms with E-state index in [2.05, 4.69) is 5.32 Å². The number of nitro benzene ring substituents is 1. The van der Waals surface area contributed by atoms with Gasteiger partial charge in [-0.05, 0) is 59.3 Å². The summed E-state index contributed by atoms with van der Waals surface area (Å²) in [4.78, 5) is 49.0. The zero-order chi connectivity index (χ0) is 30.6. The van der Waals surface area contributed by atoms with E-state index in [1.54, 1.807) is 12.1 Å². The van der Waals surface area contributed by atoms with E-state index in [1.807, 2.05) is 0 Å². The predicted molar refractivity (Wildman–Crippen MR) is 148 cm³/mol. The molecule has 0 aliphatic carbocycles. The highest BCUT2D eigenvalue weighted by molar-refractivity contribution is 8.18. The van der Waals surface area contributed by atoms with Crippen LogP contribution in [0.2, 0.25) is 5.02 Å². The van der Waals surface area contributed by atoms with Crippen LogP contribution in [0.15, 0.2) is 65.6 Å². The zero-order valence-electron chi connectivity index (χ0n) is 21.4. The van der Waals surface area contributed by atoms with Gasteiger partial charge in [0.25, 0.3) is 16.8 Å². The normalized spacial score (nSPS) is 14.3. The Morgan fingerprint density at radius 1 is 1.12 bits per heavy atom. The van der Waals surface area contributed by atoms with Gasteiger partial charge in [0.2, 0.25) is 5.91 Å². The van der Waals surface area contributed by atoms with E-state index in [0.717, 1.165) is 12.1 Å². The number of hydrogen-bond acceptors (Lipinski definition) is 8. The number of nitrogens with one attached hydrogen (secondary N) is 1. The molecule has 1 N–H and O–H groups in total. The van der Waals surface area contributed by atoms with Crippen LogP contribution in [0.1, 0.15) is 16.7 Å². The van der Waals surface area contributed by atoms with Gasteiger partial charge < -0.3 is 14.8 Å². The molecule has 3 amide bonds. The maximum absolute atomic E-state index is 13.1. The monoisotopic (exact) mass is 621 g/mol. The number of imide groups is 1. The molecule has 0 unspecified atom stereocenters. The average molecular weight is 622 g/mol. The van der Waals surface area contributed by atoms with E-state index in [0.29, 0.717) is 33.9 Å². The fourth-order valence-corrected chi connectivity index (χ4v) is 4.83. The summed E-state index contributed by atoms with van der Waals surface area (Å²) >= 11 is 6.88. The molecule has 218 valence electrons. The number of alkyl halides is 3. The largest absolute Gasteiger partial charge is 0.495 e. The minimum absolute atomic E-state index is 0.00801. The summed E-state index contributed by atoms with van der Waals surface area (Å²) in [6, 6.07) is 13.0. The van der Waals surface area contributed by atoms with Crippen LogP contribution in [0.25, 0.3) is 6.08 Å². The Labute approximate surface area is 245 Å². The Hall–Kier alpha value is -4.56. The molecular weight excluding hydrogens is 603 g/mol. The van der Waals surface area contributed by atoms with Crippen molar-refractivity contribution in [2.24, 2.45) is 0 Å². The Kier molecular flexibility index (Phi) is 9.07. The third kappa shape index (κ3) is 7.19. The maximum atomic E-state index is 13.1. The van der Waals surface area contributed by atoms with Crippen LogP contribution < -0.4 is 14.8 Å². The lowest BCUT2D eigenvalue weighted by molar-refractivity contribution is -0.384. The van der Waals surface area contributed by atoms with Crippen molar-refractivity contribution in [2.75, 3.05) is 19.0 Å². The molecule has 15 heteroatoms. The number of methoxy groups -OCH3 is 1. The van der Waals surface area contributed by atoms with Crippen molar-refractivity contribution in [1.82, 2.24) is 4.90 Å². The number of rotatable bonds is 9. The highest BCUT2D eigenvalue weighted by atomic mass is 35.5. The lowest BCUT2D eigenvalue weighted by Crippen LogP contribution is -2.36. The molecule has 1 aliphatic heterocycles. The average Bonchev–Trinajstić information content (AvgIpc) is 3.19. The summed E-state index contributed by atoms with van der Waals surface area (Å²) < 4.78 is 49.9. The quantitative estimate of drug-likeness (QED) is 0.162. The smallest absolute Gasteiger partial charge is 0.416 e. The number of benzene rings is 3. The van der Waals surface area contributed by atoms with Crippen LogP contribution in [0.5, 0.6) is 11.5 Å². The second-order valence-corrected chi connectivity index (χ2v) is 10.0. The molecule has 1 heterocycles. The third-order valence-corrected chi connectivity index (χ3v) is 6.95. The van der Waals surface area contributed by atoms with Gasteiger partial charge in [-0.1, -0.05) is 29.8 Å². The molecule has 0 radical (unpaired) electrons. The summed E-state index contributed by atoms with van der Waals surface area (Å²) in [6.45, 7) is -0.735. The van der Waals surface area contributed by atoms with E-state index >= 15 is 0 Å². The number of halogens is 4. The van der Waals surface area contributed by atoms with Crippen molar-refractivity contribution in [3.63, 3.8) is 0 Å². The molecule has 3 aromatic carbocycles. The van der Waals surface area contributed by atoms with Gasteiger partial charge >= 0.3 is 6.18 Å². The van der Waals surface area contributed by atoms with Crippen molar-refractivity contribution >= 4 is 57.9 Å². The molecule has 0 spiro atoms. The third-order valence-electron chi connectivity index (χ3n) is 5.75. The van der Waals surface area contributed by atoms with Gasteiger partial charge in [0.15, 0.2) is 0 Å². The highest BCUT2D eigenvalue weighted by Gasteiger charge is 2.37. The topological polar surface area (TPSA) is 128 Å². The Bertz CT molecular complexity index is 1610. The SMILES string of the molecule is COc1ccc(C(F)(F)F)cc1NC(=O)CN1C(=O)S/C(=C\c2ccc(OCc3cccc([N+](=O)[O-])c3)c(Cl)c2)C1=O. The number of thioether (sulfide) groups is 1. The Balaban J connectivity index is 1.42. The number of nitro groups is 1.